The summed E-state index contributed by atoms with van der Waals surface area (Å²) < 4.78 is 0. The molecule has 1 aliphatic rings. The molecule has 2 heterocycles. The molecular weight excluding hydrogens is 336 g/mol. The number of carbonyl (C=O) groups is 1. The summed E-state index contributed by atoms with van der Waals surface area (Å²) in [5.74, 6) is -0.106. The first-order chi connectivity index (χ1) is 13.2. The van der Waals surface area contributed by atoms with Gasteiger partial charge in [0, 0.05) is 31.7 Å². The second kappa shape index (κ2) is 7.76. The van der Waals surface area contributed by atoms with Crippen molar-refractivity contribution in [2.45, 2.75) is 26.4 Å². The van der Waals surface area contributed by atoms with Gasteiger partial charge in [-0.05, 0) is 30.5 Å². The van der Waals surface area contributed by atoms with Crippen molar-refractivity contribution < 1.29 is 4.79 Å². The third-order valence-corrected chi connectivity index (χ3v) is 5.01. The topological polar surface area (TPSA) is 61.0 Å². The lowest BCUT2D eigenvalue weighted by Crippen LogP contribution is -2.28. The zero-order chi connectivity index (χ0) is 18.6. The molecule has 0 saturated carbocycles. The average molecular weight is 360 g/mol. The largest absolute Gasteiger partial charge is 0.351 e. The Labute approximate surface area is 159 Å². The Morgan fingerprint density at radius 3 is 2.52 bits per heavy atom. The van der Waals surface area contributed by atoms with Gasteiger partial charge in [0.05, 0.1) is 5.69 Å². The van der Waals surface area contributed by atoms with E-state index in [1.165, 1.54) is 16.7 Å². The van der Waals surface area contributed by atoms with Gasteiger partial charge in [0.15, 0.2) is 0 Å². The van der Waals surface area contributed by atoms with Gasteiger partial charge < -0.3 is 5.32 Å². The summed E-state index contributed by atoms with van der Waals surface area (Å²) in [6, 6.07) is 18.5. The monoisotopic (exact) mass is 360 g/mol. The maximum Gasteiger partial charge on any atom is 0.269 e. The number of nitrogens with one attached hydrogen (secondary N) is 2. The lowest BCUT2D eigenvalue weighted by atomic mass is 10.1. The number of benzene rings is 2. The zero-order valence-corrected chi connectivity index (χ0v) is 15.5. The molecule has 4 rings (SSSR count). The molecule has 0 fully saturated rings. The Balaban J connectivity index is 1.24. The number of amides is 1. The van der Waals surface area contributed by atoms with E-state index in [0.717, 1.165) is 37.3 Å². The third-order valence-electron chi connectivity index (χ3n) is 5.01. The summed E-state index contributed by atoms with van der Waals surface area (Å²) in [4.78, 5) is 14.7. The minimum Gasteiger partial charge on any atom is -0.351 e. The van der Waals surface area contributed by atoms with E-state index in [0.29, 0.717) is 12.2 Å². The number of aromatic amines is 1. The van der Waals surface area contributed by atoms with Crippen LogP contribution in [0.1, 0.15) is 33.6 Å². The van der Waals surface area contributed by atoms with Crippen LogP contribution in [0.25, 0.3) is 11.3 Å². The second-order valence-corrected chi connectivity index (χ2v) is 7.12. The predicted octanol–water partition coefficient (Wildman–Crippen LogP) is 3.52. The van der Waals surface area contributed by atoms with Crippen LogP contribution in [0.4, 0.5) is 0 Å². The van der Waals surface area contributed by atoms with Crippen LogP contribution in [0.5, 0.6) is 0 Å². The summed E-state index contributed by atoms with van der Waals surface area (Å²) >= 11 is 0. The maximum absolute atomic E-state index is 12.3. The van der Waals surface area contributed by atoms with Crippen LogP contribution in [-0.4, -0.2) is 34.1 Å². The first-order valence-electron chi connectivity index (χ1n) is 9.39. The number of H-pyrrole nitrogens is 1. The van der Waals surface area contributed by atoms with Crippen molar-refractivity contribution in [2.75, 3.05) is 13.1 Å². The predicted molar refractivity (Wildman–Crippen MR) is 106 cm³/mol. The average Bonchev–Trinajstić information content (AvgIpc) is 3.32. The number of rotatable bonds is 6. The Hall–Kier alpha value is -2.92. The van der Waals surface area contributed by atoms with Crippen molar-refractivity contribution in [2.24, 2.45) is 0 Å². The molecule has 0 bridgehead atoms. The highest BCUT2D eigenvalue weighted by Crippen LogP contribution is 2.22. The Kier molecular flexibility index (Phi) is 5.03. The highest BCUT2D eigenvalue weighted by atomic mass is 16.1. The Bertz CT molecular complexity index is 904. The molecule has 0 radical (unpaired) electrons. The molecule has 0 spiro atoms. The van der Waals surface area contributed by atoms with Gasteiger partial charge in [0.25, 0.3) is 5.91 Å². The van der Waals surface area contributed by atoms with E-state index in [-0.39, 0.29) is 5.91 Å². The van der Waals surface area contributed by atoms with E-state index in [2.05, 4.69) is 44.7 Å². The molecule has 2 aromatic carbocycles. The van der Waals surface area contributed by atoms with Crippen LogP contribution in [0, 0.1) is 6.92 Å². The van der Waals surface area contributed by atoms with Crippen LogP contribution < -0.4 is 5.32 Å². The Morgan fingerprint density at radius 2 is 1.81 bits per heavy atom. The smallest absolute Gasteiger partial charge is 0.269 e. The number of carbonyl (C=O) groups excluding carboxylic acids is 1. The minimum absolute atomic E-state index is 0.106. The van der Waals surface area contributed by atoms with Gasteiger partial charge in [-0.15, -0.1) is 0 Å². The fourth-order valence-electron chi connectivity index (χ4n) is 3.47. The molecule has 3 aromatic rings. The molecular formula is C22H24N4O. The summed E-state index contributed by atoms with van der Waals surface area (Å²) in [5.41, 5.74) is 6.33. The number of aryl methyl sites for hydroxylation is 1. The number of fused-ring (bicyclic) bond motifs is 1. The minimum atomic E-state index is -0.106. The van der Waals surface area contributed by atoms with Crippen LogP contribution in [0.2, 0.25) is 0 Å². The standard InChI is InChI=1S/C22H24N4O/c1-16-7-9-17(10-8-16)20-13-21(25-24-20)22(27)23-11-4-12-26-14-18-5-2-3-6-19(18)15-26/h2-3,5-10,13H,4,11-12,14-15H2,1H3,(H,23,27)(H,24,25). The molecule has 1 aliphatic heterocycles. The van der Waals surface area contributed by atoms with Crippen molar-refractivity contribution in [3.63, 3.8) is 0 Å². The molecule has 1 aromatic heterocycles. The molecule has 0 saturated heterocycles. The van der Waals surface area contributed by atoms with Crippen LogP contribution >= 0.6 is 0 Å². The quantitative estimate of drug-likeness (QED) is 0.661. The summed E-state index contributed by atoms with van der Waals surface area (Å²) in [5, 5.41) is 10.1. The summed E-state index contributed by atoms with van der Waals surface area (Å²) in [6.45, 7) is 5.69. The van der Waals surface area contributed by atoms with Crippen molar-refractivity contribution in [3.8, 4) is 11.3 Å². The van der Waals surface area contributed by atoms with E-state index in [4.69, 9.17) is 0 Å². The number of hydrogen-bond donors (Lipinski definition) is 2. The van der Waals surface area contributed by atoms with E-state index in [1.807, 2.05) is 31.2 Å². The van der Waals surface area contributed by atoms with Gasteiger partial charge in [0.1, 0.15) is 5.69 Å². The first kappa shape index (κ1) is 17.5. The van der Waals surface area contributed by atoms with E-state index >= 15 is 0 Å². The zero-order valence-electron chi connectivity index (χ0n) is 15.5. The SMILES string of the molecule is Cc1ccc(-c2cc(C(=O)NCCCN3Cc4ccccc4C3)[nH]n2)cc1. The number of aromatic nitrogens is 2. The molecule has 0 aliphatic carbocycles. The summed E-state index contributed by atoms with van der Waals surface area (Å²) in [6.07, 6.45) is 0.929. The fourth-order valence-corrected chi connectivity index (χ4v) is 3.47. The third kappa shape index (κ3) is 4.09. The lowest BCUT2D eigenvalue weighted by molar-refractivity contribution is 0.0946. The molecule has 0 atom stereocenters. The second-order valence-electron chi connectivity index (χ2n) is 7.12. The van der Waals surface area contributed by atoms with Crippen LogP contribution in [0.15, 0.2) is 54.6 Å². The lowest BCUT2D eigenvalue weighted by Gasteiger charge is -2.14. The van der Waals surface area contributed by atoms with E-state index < -0.39 is 0 Å². The van der Waals surface area contributed by atoms with Gasteiger partial charge in [0.2, 0.25) is 0 Å². The summed E-state index contributed by atoms with van der Waals surface area (Å²) in [7, 11) is 0. The van der Waals surface area contributed by atoms with Crippen molar-refractivity contribution in [3.05, 3.63) is 77.0 Å². The molecule has 5 nitrogen and oxygen atoms in total. The van der Waals surface area contributed by atoms with Crippen LogP contribution in [-0.2, 0) is 13.1 Å². The number of nitrogens with zero attached hydrogens (tertiary/aromatic N) is 2. The molecule has 27 heavy (non-hydrogen) atoms. The van der Waals surface area contributed by atoms with Gasteiger partial charge in [-0.1, -0.05) is 54.1 Å². The highest BCUT2D eigenvalue weighted by Gasteiger charge is 2.17. The van der Waals surface area contributed by atoms with Crippen molar-refractivity contribution >= 4 is 5.91 Å². The van der Waals surface area contributed by atoms with Crippen molar-refractivity contribution in [1.29, 1.82) is 0 Å². The molecule has 138 valence electrons. The van der Waals surface area contributed by atoms with Gasteiger partial charge in [-0.2, -0.15) is 5.10 Å². The van der Waals surface area contributed by atoms with Gasteiger partial charge in [-0.3, -0.25) is 14.8 Å². The van der Waals surface area contributed by atoms with E-state index in [9.17, 15) is 4.79 Å². The molecule has 0 unspecified atom stereocenters. The molecule has 1 amide bonds. The molecule has 5 heteroatoms. The normalized spacial score (nSPS) is 13.5. The molecule has 2 N–H and O–H groups in total. The highest BCUT2D eigenvalue weighted by molar-refractivity contribution is 5.93. The van der Waals surface area contributed by atoms with E-state index in [1.54, 1.807) is 6.07 Å². The van der Waals surface area contributed by atoms with Crippen LogP contribution in [0.3, 0.4) is 0 Å². The van der Waals surface area contributed by atoms with Gasteiger partial charge >= 0.3 is 0 Å². The fraction of sp³-hybridized carbons (Fsp3) is 0.273. The first-order valence-corrected chi connectivity index (χ1v) is 9.39. The Morgan fingerprint density at radius 1 is 1.11 bits per heavy atom. The van der Waals surface area contributed by atoms with Gasteiger partial charge in [-0.25, -0.2) is 0 Å². The number of hydrogen-bond acceptors (Lipinski definition) is 3. The maximum atomic E-state index is 12.3. The van der Waals surface area contributed by atoms with Crippen molar-refractivity contribution in [1.82, 2.24) is 20.4 Å².